The first-order chi connectivity index (χ1) is 8.79. The molecule has 0 radical (unpaired) electrons. The highest BCUT2D eigenvalue weighted by Crippen LogP contribution is 2.14. The maximum absolute atomic E-state index is 5.53. The Morgan fingerprint density at radius 2 is 1.56 bits per heavy atom. The molecule has 0 aliphatic heterocycles. The summed E-state index contributed by atoms with van der Waals surface area (Å²) in [5.74, 6) is 0. The fraction of sp³-hybridized carbons (Fsp3) is 0.294. The minimum Gasteiger partial charge on any atom is -0.330 e. The van der Waals surface area contributed by atoms with Gasteiger partial charge in [-0.05, 0) is 55.0 Å². The van der Waals surface area contributed by atoms with Crippen molar-refractivity contribution in [3.8, 4) is 0 Å². The van der Waals surface area contributed by atoms with Gasteiger partial charge in [0.2, 0.25) is 0 Å². The Labute approximate surface area is 110 Å². The summed E-state index contributed by atoms with van der Waals surface area (Å²) in [4.78, 5) is 0. The molecule has 0 aliphatic rings. The summed E-state index contributed by atoms with van der Waals surface area (Å²) < 4.78 is 0. The molecule has 0 spiro atoms. The Balaban J connectivity index is 2.04. The van der Waals surface area contributed by atoms with Crippen LogP contribution in [-0.2, 0) is 12.8 Å². The van der Waals surface area contributed by atoms with E-state index in [4.69, 9.17) is 5.73 Å². The fourth-order valence-corrected chi connectivity index (χ4v) is 2.16. The van der Waals surface area contributed by atoms with Gasteiger partial charge < -0.3 is 5.73 Å². The molecular formula is C17H21N. The molecule has 2 N–H and O–H groups in total. The second-order valence-corrected chi connectivity index (χ2v) is 4.81. The summed E-state index contributed by atoms with van der Waals surface area (Å²) >= 11 is 0. The van der Waals surface area contributed by atoms with Gasteiger partial charge in [0.05, 0.1) is 0 Å². The highest BCUT2D eigenvalue weighted by atomic mass is 14.5. The molecule has 1 nitrogen and oxygen atoms in total. The van der Waals surface area contributed by atoms with Crippen molar-refractivity contribution >= 4 is 0 Å². The van der Waals surface area contributed by atoms with E-state index >= 15 is 0 Å². The molecule has 0 aromatic heterocycles. The van der Waals surface area contributed by atoms with Gasteiger partial charge in [0, 0.05) is 0 Å². The second-order valence-electron chi connectivity index (χ2n) is 4.81. The summed E-state index contributed by atoms with van der Waals surface area (Å²) in [5.41, 5.74) is 11.1. The average Bonchev–Trinajstić information content (AvgIpc) is 2.41. The fourth-order valence-electron chi connectivity index (χ4n) is 2.16. The third kappa shape index (κ3) is 3.44. The first-order valence-corrected chi connectivity index (χ1v) is 6.62. The van der Waals surface area contributed by atoms with Gasteiger partial charge in [0.1, 0.15) is 0 Å². The Kier molecular flexibility index (Phi) is 4.54. The SMILES string of the molecule is Cc1ccccc1Cc1ccc(CCCN)cc1. The van der Waals surface area contributed by atoms with Gasteiger partial charge in [-0.15, -0.1) is 0 Å². The summed E-state index contributed by atoms with van der Waals surface area (Å²) in [5, 5.41) is 0. The van der Waals surface area contributed by atoms with Crippen LogP contribution < -0.4 is 5.73 Å². The molecule has 0 fully saturated rings. The van der Waals surface area contributed by atoms with Crippen molar-refractivity contribution in [1.82, 2.24) is 0 Å². The molecule has 2 aromatic rings. The van der Waals surface area contributed by atoms with Crippen molar-refractivity contribution in [2.75, 3.05) is 6.54 Å². The second kappa shape index (κ2) is 6.36. The van der Waals surface area contributed by atoms with Crippen LogP contribution in [0, 0.1) is 6.92 Å². The van der Waals surface area contributed by atoms with E-state index in [0.717, 1.165) is 25.8 Å². The van der Waals surface area contributed by atoms with Gasteiger partial charge in [0.25, 0.3) is 0 Å². The smallest absolute Gasteiger partial charge is 0.00231 e. The van der Waals surface area contributed by atoms with Crippen LogP contribution in [0.2, 0.25) is 0 Å². The number of hydrogen-bond acceptors (Lipinski definition) is 1. The summed E-state index contributed by atoms with van der Waals surface area (Å²) in [6.45, 7) is 2.94. The minimum absolute atomic E-state index is 0.769. The van der Waals surface area contributed by atoms with Crippen LogP contribution in [0.3, 0.4) is 0 Å². The largest absolute Gasteiger partial charge is 0.330 e. The van der Waals surface area contributed by atoms with E-state index in [2.05, 4.69) is 55.5 Å². The van der Waals surface area contributed by atoms with Gasteiger partial charge in [0.15, 0.2) is 0 Å². The van der Waals surface area contributed by atoms with Crippen molar-refractivity contribution in [1.29, 1.82) is 0 Å². The molecule has 94 valence electrons. The van der Waals surface area contributed by atoms with E-state index in [1.807, 2.05) is 0 Å². The molecule has 0 unspecified atom stereocenters. The molecule has 2 rings (SSSR count). The predicted molar refractivity (Wildman–Crippen MR) is 77.8 cm³/mol. The van der Waals surface area contributed by atoms with Gasteiger partial charge in [-0.25, -0.2) is 0 Å². The molecule has 0 amide bonds. The summed E-state index contributed by atoms with van der Waals surface area (Å²) in [6, 6.07) is 17.5. The minimum atomic E-state index is 0.769. The van der Waals surface area contributed by atoms with Gasteiger partial charge in [-0.2, -0.15) is 0 Å². The van der Waals surface area contributed by atoms with Crippen LogP contribution in [0.4, 0.5) is 0 Å². The Bertz CT molecular complexity index is 485. The average molecular weight is 239 g/mol. The van der Waals surface area contributed by atoms with E-state index in [9.17, 15) is 0 Å². The van der Waals surface area contributed by atoms with Crippen LogP contribution in [-0.4, -0.2) is 6.54 Å². The summed E-state index contributed by atoms with van der Waals surface area (Å²) in [7, 11) is 0. The third-order valence-corrected chi connectivity index (χ3v) is 3.35. The zero-order chi connectivity index (χ0) is 12.8. The monoisotopic (exact) mass is 239 g/mol. The van der Waals surface area contributed by atoms with E-state index in [1.54, 1.807) is 0 Å². The van der Waals surface area contributed by atoms with Crippen LogP contribution >= 0.6 is 0 Å². The molecular weight excluding hydrogens is 218 g/mol. The highest BCUT2D eigenvalue weighted by molar-refractivity contribution is 5.33. The van der Waals surface area contributed by atoms with Crippen molar-refractivity contribution < 1.29 is 0 Å². The van der Waals surface area contributed by atoms with E-state index < -0.39 is 0 Å². The quantitative estimate of drug-likeness (QED) is 0.849. The Morgan fingerprint density at radius 3 is 2.22 bits per heavy atom. The summed E-state index contributed by atoms with van der Waals surface area (Å²) in [6.07, 6.45) is 3.17. The molecule has 2 aromatic carbocycles. The maximum atomic E-state index is 5.53. The van der Waals surface area contributed by atoms with Crippen molar-refractivity contribution in [3.63, 3.8) is 0 Å². The van der Waals surface area contributed by atoms with E-state index in [0.29, 0.717) is 0 Å². The lowest BCUT2D eigenvalue weighted by atomic mass is 9.99. The predicted octanol–water partition coefficient (Wildman–Crippen LogP) is 3.48. The van der Waals surface area contributed by atoms with Crippen LogP contribution in [0.25, 0.3) is 0 Å². The van der Waals surface area contributed by atoms with E-state index in [1.165, 1.54) is 22.3 Å². The first-order valence-electron chi connectivity index (χ1n) is 6.62. The standard InChI is InChI=1S/C17H21N/c1-14-5-2-3-7-17(14)13-16-10-8-15(9-11-16)6-4-12-18/h2-3,5,7-11H,4,6,12-13,18H2,1H3. The van der Waals surface area contributed by atoms with Gasteiger partial charge in [-0.1, -0.05) is 48.5 Å². The molecule has 0 heterocycles. The lowest BCUT2D eigenvalue weighted by molar-refractivity contribution is 0.832. The number of rotatable bonds is 5. The third-order valence-electron chi connectivity index (χ3n) is 3.35. The van der Waals surface area contributed by atoms with Crippen molar-refractivity contribution in [2.45, 2.75) is 26.2 Å². The lowest BCUT2D eigenvalue weighted by Crippen LogP contribution is -2.00. The highest BCUT2D eigenvalue weighted by Gasteiger charge is 1.99. The molecule has 0 bridgehead atoms. The van der Waals surface area contributed by atoms with Crippen molar-refractivity contribution in [3.05, 3.63) is 70.8 Å². The Hall–Kier alpha value is -1.60. The molecule has 0 atom stereocenters. The lowest BCUT2D eigenvalue weighted by Gasteiger charge is -2.07. The van der Waals surface area contributed by atoms with Crippen LogP contribution in [0.1, 0.15) is 28.7 Å². The van der Waals surface area contributed by atoms with Gasteiger partial charge >= 0.3 is 0 Å². The first kappa shape index (κ1) is 12.8. The Morgan fingerprint density at radius 1 is 0.889 bits per heavy atom. The molecule has 18 heavy (non-hydrogen) atoms. The number of nitrogens with two attached hydrogens (primary N) is 1. The zero-order valence-electron chi connectivity index (χ0n) is 11.0. The zero-order valence-corrected chi connectivity index (χ0v) is 11.0. The topological polar surface area (TPSA) is 26.0 Å². The van der Waals surface area contributed by atoms with Gasteiger partial charge in [-0.3, -0.25) is 0 Å². The molecule has 0 aliphatic carbocycles. The molecule has 0 saturated carbocycles. The maximum Gasteiger partial charge on any atom is -0.00231 e. The van der Waals surface area contributed by atoms with Crippen molar-refractivity contribution in [2.24, 2.45) is 5.73 Å². The number of aryl methyl sites for hydroxylation is 2. The number of hydrogen-bond donors (Lipinski definition) is 1. The number of benzene rings is 2. The molecule has 1 heteroatoms. The van der Waals surface area contributed by atoms with E-state index in [-0.39, 0.29) is 0 Å². The van der Waals surface area contributed by atoms with Crippen LogP contribution in [0.5, 0.6) is 0 Å². The normalized spacial score (nSPS) is 10.6. The molecule has 0 saturated heterocycles. The van der Waals surface area contributed by atoms with Crippen LogP contribution in [0.15, 0.2) is 48.5 Å².